The highest BCUT2D eigenvalue weighted by Gasteiger charge is 2.18. The molecule has 1 aliphatic heterocycles. The van der Waals surface area contributed by atoms with Crippen molar-refractivity contribution in [1.82, 2.24) is 9.97 Å². The second kappa shape index (κ2) is 5.67. The molecule has 0 aliphatic carbocycles. The van der Waals surface area contributed by atoms with Crippen LogP contribution in [0.2, 0.25) is 5.28 Å². The van der Waals surface area contributed by atoms with Crippen molar-refractivity contribution >= 4 is 23.1 Å². The van der Waals surface area contributed by atoms with Crippen molar-refractivity contribution in [3.8, 4) is 0 Å². The minimum atomic E-state index is 0.325. The van der Waals surface area contributed by atoms with Crippen molar-refractivity contribution < 1.29 is 0 Å². The summed E-state index contributed by atoms with van der Waals surface area (Å²) in [6, 6.07) is 12.5. The van der Waals surface area contributed by atoms with Crippen LogP contribution in [0.15, 0.2) is 36.4 Å². The number of aromatic nitrogens is 2. The average Bonchev–Trinajstić information content (AvgIpc) is 2.47. The number of para-hydroxylation sites is 1. The minimum Gasteiger partial charge on any atom is -0.368 e. The lowest BCUT2D eigenvalue weighted by atomic mass is 10.2. The van der Waals surface area contributed by atoms with Gasteiger partial charge in [-0.05, 0) is 30.7 Å². The predicted molar refractivity (Wildman–Crippen MR) is 82.6 cm³/mol. The van der Waals surface area contributed by atoms with Crippen molar-refractivity contribution in [3.05, 3.63) is 47.4 Å². The van der Waals surface area contributed by atoms with Gasteiger partial charge < -0.3 is 9.80 Å². The predicted octanol–water partition coefficient (Wildman–Crippen LogP) is 2.77. The number of halogens is 1. The highest BCUT2D eigenvalue weighted by molar-refractivity contribution is 6.28. The Morgan fingerprint density at radius 1 is 0.950 bits per heavy atom. The summed E-state index contributed by atoms with van der Waals surface area (Å²) >= 11 is 5.93. The highest BCUT2D eigenvalue weighted by atomic mass is 35.5. The molecule has 0 N–H and O–H groups in total. The van der Waals surface area contributed by atoms with Gasteiger partial charge in [0.25, 0.3) is 0 Å². The molecule has 1 saturated heterocycles. The molecule has 1 aliphatic rings. The molecule has 20 heavy (non-hydrogen) atoms. The third-order valence-corrected chi connectivity index (χ3v) is 3.71. The first-order chi connectivity index (χ1) is 9.72. The van der Waals surface area contributed by atoms with Gasteiger partial charge in [0.1, 0.15) is 5.82 Å². The Kier molecular flexibility index (Phi) is 3.74. The summed E-state index contributed by atoms with van der Waals surface area (Å²) in [6.07, 6.45) is 0. The third kappa shape index (κ3) is 2.85. The van der Waals surface area contributed by atoms with Crippen molar-refractivity contribution in [1.29, 1.82) is 0 Å². The fourth-order valence-electron chi connectivity index (χ4n) is 2.51. The van der Waals surface area contributed by atoms with Crippen LogP contribution in [0.1, 0.15) is 5.69 Å². The zero-order valence-corrected chi connectivity index (χ0v) is 12.2. The van der Waals surface area contributed by atoms with Gasteiger partial charge in [-0.3, -0.25) is 0 Å². The Balaban J connectivity index is 1.69. The second-order valence-corrected chi connectivity index (χ2v) is 5.28. The zero-order valence-electron chi connectivity index (χ0n) is 11.5. The molecule has 0 amide bonds. The number of benzene rings is 1. The van der Waals surface area contributed by atoms with E-state index in [2.05, 4.69) is 44.0 Å². The van der Waals surface area contributed by atoms with Crippen LogP contribution in [0.4, 0.5) is 11.5 Å². The second-order valence-electron chi connectivity index (χ2n) is 4.95. The van der Waals surface area contributed by atoms with Crippen molar-refractivity contribution in [2.75, 3.05) is 36.0 Å². The minimum absolute atomic E-state index is 0.325. The van der Waals surface area contributed by atoms with Crippen molar-refractivity contribution in [3.63, 3.8) is 0 Å². The van der Waals surface area contributed by atoms with Crippen LogP contribution < -0.4 is 9.80 Å². The van der Waals surface area contributed by atoms with Crippen LogP contribution in [0.3, 0.4) is 0 Å². The Bertz CT molecular complexity index is 559. The summed E-state index contributed by atoms with van der Waals surface area (Å²) in [5.74, 6) is 0.926. The Morgan fingerprint density at radius 2 is 1.60 bits per heavy atom. The van der Waals surface area contributed by atoms with Crippen LogP contribution in [0, 0.1) is 6.92 Å². The first-order valence-electron chi connectivity index (χ1n) is 6.78. The molecular weight excluding hydrogens is 272 g/mol. The maximum atomic E-state index is 5.93. The maximum absolute atomic E-state index is 5.93. The molecular formula is C15H17ClN4. The number of rotatable bonds is 2. The average molecular weight is 289 g/mol. The monoisotopic (exact) mass is 288 g/mol. The summed E-state index contributed by atoms with van der Waals surface area (Å²) in [7, 11) is 0. The van der Waals surface area contributed by atoms with Gasteiger partial charge in [0.05, 0.1) is 0 Å². The lowest BCUT2D eigenvalue weighted by Crippen LogP contribution is -2.46. The standard InChI is InChI=1S/C15H17ClN4/c1-12-11-14(18-15(16)17-12)20-9-7-19(8-10-20)13-5-3-2-4-6-13/h2-6,11H,7-10H2,1H3. The van der Waals surface area contributed by atoms with E-state index in [4.69, 9.17) is 11.6 Å². The first kappa shape index (κ1) is 13.2. The highest BCUT2D eigenvalue weighted by Crippen LogP contribution is 2.20. The fraction of sp³-hybridized carbons (Fsp3) is 0.333. The van der Waals surface area contributed by atoms with Crippen LogP contribution in [-0.2, 0) is 0 Å². The largest absolute Gasteiger partial charge is 0.368 e. The molecule has 0 atom stereocenters. The lowest BCUT2D eigenvalue weighted by Gasteiger charge is -2.36. The Labute approximate surface area is 124 Å². The molecule has 4 nitrogen and oxygen atoms in total. The topological polar surface area (TPSA) is 32.3 Å². The normalized spacial score (nSPS) is 15.5. The van der Waals surface area contributed by atoms with Gasteiger partial charge >= 0.3 is 0 Å². The number of nitrogens with zero attached hydrogens (tertiary/aromatic N) is 4. The molecule has 2 heterocycles. The zero-order chi connectivity index (χ0) is 13.9. The molecule has 0 radical (unpaired) electrons. The smallest absolute Gasteiger partial charge is 0.224 e. The van der Waals surface area contributed by atoms with Crippen LogP contribution in [0.5, 0.6) is 0 Å². The Morgan fingerprint density at radius 3 is 2.25 bits per heavy atom. The quantitative estimate of drug-likeness (QED) is 0.796. The number of aryl methyl sites for hydroxylation is 1. The van der Waals surface area contributed by atoms with Gasteiger partial charge in [0, 0.05) is 43.6 Å². The molecule has 0 bridgehead atoms. The van der Waals surface area contributed by atoms with E-state index in [9.17, 15) is 0 Å². The van der Waals surface area contributed by atoms with E-state index in [1.165, 1.54) is 5.69 Å². The molecule has 0 spiro atoms. The summed E-state index contributed by atoms with van der Waals surface area (Å²) in [6.45, 7) is 5.82. The molecule has 0 unspecified atom stereocenters. The van der Waals surface area contributed by atoms with Gasteiger partial charge in [0.2, 0.25) is 5.28 Å². The number of piperazine rings is 1. The molecule has 1 aromatic carbocycles. The number of hydrogen-bond acceptors (Lipinski definition) is 4. The SMILES string of the molecule is Cc1cc(N2CCN(c3ccccc3)CC2)nc(Cl)n1. The van der Waals surface area contributed by atoms with E-state index in [0.29, 0.717) is 5.28 Å². The summed E-state index contributed by atoms with van der Waals surface area (Å²) in [5, 5.41) is 0.325. The van der Waals surface area contributed by atoms with Crippen molar-refractivity contribution in [2.24, 2.45) is 0 Å². The van der Waals surface area contributed by atoms with E-state index < -0.39 is 0 Å². The van der Waals surface area contributed by atoms with Gasteiger partial charge in [-0.1, -0.05) is 18.2 Å². The van der Waals surface area contributed by atoms with E-state index in [-0.39, 0.29) is 0 Å². The van der Waals surface area contributed by atoms with Gasteiger partial charge in [0.15, 0.2) is 0 Å². The van der Waals surface area contributed by atoms with E-state index in [0.717, 1.165) is 37.7 Å². The summed E-state index contributed by atoms with van der Waals surface area (Å²) in [4.78, 5) is 13.1. The molecule has 5 heteroatoms. The maximum Gasteiger partial charge on any atom is 0.224 e. The van der Waals surface area contributed by atoms with E-state index in [1.54, 1.807) is 0 Å². The fourth-order valence-corrected chi connectivity index (χ4v) is 2.73. The molecule has 3 rings (SSSR count). The first-order valence-corrected chi connectivity index (χ1v) is 7.16. The summed E-state index contributed by atoms with van der Waals surface area (Å²) in [5.41, 5.74) is 2.19. The molecule has 1 aromatic heterocycles. The lowest BCUT2D eigenvalue weighted by molar-refractivity contribution is 0.646. The van der Waals surface area contributed by atoms with E-state index >= 15 is 0 Å². The molecule has 104 valence electrons. The third-order valence-electron chi connectivity index (χ3n) is 3.54. The van der Waals surface area contributed by atoms with Gasteiger partial charge in [-0.2, -0.15) is 0 Å². The van der Waals surface area contributed by atoms with Crippen LogP contribution in [0.25, 0.3) is 0 Å². The van der Waals surface area contributed by atoms with Crippen LogP contribution >= 0.6 is 11.6 Å². The molecule has 2 aromatic rings. The van der Waals surface area contributed by atoms with Crippen molar-refractivity contribution in [2.45, 2.75) is 6.92 Å². The van der Waals surface area contributed by atoms with Crippen LogP contribution in [-0.4, -0.2) is 36.1 Å². The molecule has 1 fully saturated rings. The van der Waals surface area contributed by atoms with Gasteiger partial charge in [-0.15, -0.1) is 0 Å². The van der Waals surface area contributed by atoms with Gasteiger partial charge in [-0.25, -0.2) is 9.97 Å². The number of anilines is 2. The number of hydrogen-bond donors (Lipinski definition) is 0. The van der Waals surface area contributed by atoms with E-state index in [1.807, 2.05) is 19.1 Å². The Hall–Kier alpha value is -1.81. The summed E-state index contributed by atoms with van der Waals surface area (Å²) < 4.78 is 0. The molecule has 0 saturated carbocycles.